The molecular formula is C13H18O. The SMILES string of the molecule is CC(=O)Cc1cc(C)ccc1C(C)C. The molecule has 0 aliphatic heterocycles. The van der Waals surface area contributed by atoms with E-state index >= 15 is 0 Å². The van der Waals surface area contributed by atoms with Crippen molar-refractivity contribution in [2.24, 2.45) is 0 Å². The number of aryl methyl sites for hydroxylation is 1. The Morgan fingerprint density at radius 2 is 2.00 bits per heavy atom. The molecule has 1 heteroatoms. The maximum Gasteiger partial charge on any atom is 0.134 e. The molecule has 1 aromatic rings. The minimum absolute atomic E-state index is 0.234. The fraction of sp³-hybridized carbons (Fsp3) is 0.462. The second-order valence-electron chi connectivity index (χ2n) is 4.24. The van der Waals surface area contributed by atoms with Crippen molar-refractivity contribution in [2.75, 3.05) is 0 Å². The highest BCUT2D eigenvalue weighted by Crippen LogP contribution is 2.21. The van der Waals surface area contributed by atoms with E-state index in [1.54, 1.807) is 6.92 Å². The average molecular weight is 190 g/mol. The standard InChI is InChI=1S/C13H18O/c1-9(2)13-6-5-10(3)7-12(13)8-11(4)14/h5-7,9H,8H2,1-4H3. The minimum Gasteiger partial charge on any atom is -0.300 e. The molecule has 76 valence electrons. The van der Waals surface area contributed by atoms with Crippen molar-refractivity contribution in [3.8, 4) is 0 Å². The lowest BCUT2D eigenvalue weighted by atomic mass is 9.93. The van der Waals surface area contributed by atoms with Crippen LogP contribution in [0.4, 0.5) is 0 Å². The van der Waals surface area contributed by atoms with Crippen molar-refractivity contribution in [3.05, 3.63) is 34.9 Å². The van der Waals surface area contributed by atoms with Gasteiger partial charge in [-0.3, -0.25) is 4.79 Å². The van der Waals surface area contributed by atoms with Crippen molar-refractivity contribution < 1.29 is 4.79 Å². The van der Waals surface area contributed by atoms with Gasteiger partial charge in [0.2, 0.25) is 0 Å². The number of hydrogen-bond donors (Lipinski definition) is 0. The van der Waals surface area contributed by atoms with E-state index < -0.39 is 0 Å². The molecule has 0 N–H and O–H groups in total. The van der Waals surface area contributed by atoms with Crippen LogP contribution in [0.15, 0.2) is 18.2 Å². The molecule has 0 bridgehead atoms. The van der Waals surface area contributed by atoms with Crippen LogP contribution in [-0.4, -0.2) is 5.78 Å². The topological polar surface area (TPSA) is 17.1 Å². The molecular weight excluding hydrogens is 172 g/mol. The molecule has 0 aliphatic rings. The van der Waals surface area contributed by atoms with Crippen LogP contribution >= 0.6 is 0 Å². The second kappa shape index (κ2) is 4.41. The molecule has 0 amide bonds. The summed E-state index contributed by atoms with van der Waals surface area (Å²) in [4.78, 5) is 11.1. The lowest BCUT2D eigenvalue weighted by Crippen LogP contribution is -2.02. The highest BCUT2D eigenvalue weighted by Gasteiger charge is 2.08. The van der Waals surface area contributed by atoms with Crippen molar-refractivity contribution in [2.45, 2.75) is 40.0 Å². The summed E-state index contributed by atoms with van der Waals surface area (Å²) in [5.41, 5.74) is 3.71. The Kier molecular flexibility index (Phi) is 3.45. The summed E-state index contributed by atoms with van der Waals surface area (Å²) in [6, 6.07) is 6.37. The molecule has 1 rings (SSSR count). The van der Waals surface area contributed by atoms with E-state index in [1.807, 2.05) is 0 Å². The van der Waals surface area contributed by atoms with Gasteiger partial charge in [-0.2, -0.15) is 0 Å². The highest BCUT2D eigenvalue weighted by atomic mass is 16.1. The van der Waals surface area contributed by atoms with Crippen molar-refractivity contribution in [3.63, 3.8) is 0 Å². The first-order valence-electron chi connectivity index (χ1n) is 5.09. The van der Waals surface area contributed by atoms with Crippen LogP contribution in [0.5, 0.6) is 0 Å². The fourth-order valence-corrected chi connectivity index (χ4v) is 1.72. The van der Waals surface area contributed by atoms with Gasteiger partial charge in [0, 0.05) is 6.42 Å². The number of carbonyl (C=O) groups excluding carboxylic acids is 1. The first-order valence-corrected chi connectivity index (χ1v) is 5.09. The number of Topliss-reactive ketones (excluding diaryl/α,β-unsaturated/α-hetero) is 1. The molecule has 14 heavy (non-hydrogen) atoms. The van der Waals surface area contributed by atoms with Crippen molar-refractivity contribution in [1.29, 1.82) is 0 Å². The van der Waals surface area contributed by atoms with Gasteiger partial charge in [-0.25, -0.2) is 0 Å². The molecule has 0 unspecified atom stereocenters. The number of carbonyl (C=O) groups is 1. The monoisotopic (exact) mass is 190 g/mol. The highest BCUT2D eigenvalue weighted by molar-refractivity contribution is 5.78. The van der Waals surface area contributed by atoms with Crippen LogP contribution in [0, 0.1) is 6.92 Å². The summed E-state index contributed by atoms with van der Waals surface area (Å²) in [5.74, 6) is 0.724. The van der Waals surface area contributed by atoms with E-state index in [1.165, 1.54) is 16.7 Å². The van der Waals surface area contributed by atoms with Gasteiger partial charge in [-0.15, -0.1) is 0 Å². The molecule has 0 spiro atoms. The van der Waals surface area contributed by atoms with Gasteiger partial charge in [0.25, 0.3) is 0 Å². The Labute approximate surface area is 86.1 Å². The summed E-state index contributed by atoms with van der Waals surface area (Å²) < 4.78 is 0. The third-order valence-corrected chi connectivity index (χ3v) is 2.36. The van der Waals surface area contributed by atoms with E-state index in [4.69, 9.17) is 0 Å². The molecule has 0 aromatic heterocycles. The Hall–Kier alpha value is -1.11. The number of hydrogen-bond acceptors (Lipinski definition) is 1. The zero-order chi connectivity index (χ0) is 10.7. The van der Waals surface area contributed by atoms with Crippen LogP contribution in [-0.2, 0) is 11.2 Å². The molecule has 1 nitrogen and oxygen atoms in total. The van der Waals surface area contributed by atoms with Crippen molar-refractivity contribution >= 4 is 5.78 Å². The van der Waals surface area contributed by atoms with Gasteiger partial charge in [-0.05, 0) is 30.9 Å². The average Bonchev–Trinajstić information content (AvgIpc) is 2.01. The van der Waals surface area contributed by atoms with Gasteiger partial charge in [-0.1, -0.05) is 37.6 Å². The summed E-state index contributed by atoms with van der Waals surface area (Å²) in [6.45, 7) is 8.03. The molecule has 0 atom stereocenters. The Bertz CT molecular complexity index is 337. The summed E-state index contributed by atoms with van der Waals surface area (Å²) >= 11 is 0. The largest absolute Gasteiger partial charge is 0.300 e. The third-order valence-electron chi connectivity index (χ3n) is 2.36. The first-order chi connectivity index (χ1) is 6.50. The molecule has 0 saturated carbocycles. The predicted octanol–water partition coefficient (Wildman–Crippen LogP) is 3.25. The van der Waals surface area contributed by atoms with Crippen LogP contribution in [0.1, 0.15) is 43.4 Å². The minimum atomic E-state index is 0.234. The Morgan fingerprint density at radius 3 is 2.50 bits per heavy atom. The lowest BCUT2D eigenvalue weighted by Gasteiger charge is -2.12. The molecule has 0 aliphatic carbocycles. The first kappa shape index (κ1) is 11.0. The van der Waals surface area contributed by atoms with Crippen LogP contribution in [0.2, 0.25) is 0 Å². The maximum absolute atomic E-state index is 11.1. The van der Waals surface area contributed by atoms with Gasteiger partial charge in [0.05, 0.1) is 0 Å². The summed E-state index contributed by atoms with van der Waals surface area (Å²) in [7, 11) is 0. The van der Waals surface area contributed by atoms with E-state index in [-0.39, 0.29) is 5.78 Å². The van der Waals surface area contributed by atoms with Crippen molar-refractivity contribution in [1.82, 2.24) is 0 Å². The number of rotatable bonds is 3. The van der Waals surface area contributed by atoms with E-state index in [0.717, 1.165) is 0 Å². The molecule has 0 saturated heterocycles. The smallest absolute Gasteiger partial charge is 0.134 e. The molecule has 1 aromatic carbocycles. The van der Waals surface area contributed by atoms with Crippen LogP contribution in [0.25, 0.3) is 0 Å². The fourth-order valence-electron chi connectivity index (χ4n) is 1.72. The van der Waals surface area contributed by atoms with Gasteiger partial charge in [0.1, 0.15) is 5.78 Å². The molecule has 0 radical (unpaired) electrons. The van der Waals surface area contributed by atoms with Gasteiger partial charge >= 0.3 is 0 Å². The van der Waals surface area contributed by atoms with Crippen LogP contribution in [0.3, 0.4) is 0 Å². The summed E-state index contributed by atoms with van der Waals surface area (Å²) in [6.07, 6.45) is 0.565. The number of ketones is 1. The molecule has 0 fully saturated rings. The lowest BCUT2D eigenvalue weighted by molar-refractivity contribution is -0.116. The van der Waals surface area contributed by atoms with Gasteiger partial charge < -0.3 is 0 Å². The zero-order valence-corrected chi connectivity index (χ0v) is 9.42. The maximum atomic E-state index is 11.1. The van der Waals surface area contributed by atoms with Crippen LogP contribution < -0.4 is 0 Å². The predicted molar refractivity (Wildman–Crippen MR) is 59.7 cm³/mol. The van der Waals surface area contributed by atoms with E-state index in [9.17, 15) is 4.79 Å². The zero-order valence-electron chi connectivity index (χ0n) is 9.42. The Balaban J connectivity index is 3.09. The second-order valence-corrected chi connectivity index (χ2v) is 4.24. The van der Waals surface area contributed by atoms with E-state index in [2.05, 4.69) is 39.0 Å². The quantitative estimate of drug-likeness (QED) is 0.715. The normalized spacial score (nSPS) is 10.6. The molecule has 0 heterocycles. The third kappa shape index (κ3) is 2.69. The summed E-state index contributed by atoms with van der Waals surface area (Å²) in [5, 5.41) is 0. The van der Waals surface area contributed by atoms with Gasteiger partial charge in [0.15, 0.2) is 0 Å². The van der Waals surface area contributed by atoms with E-state index in [0.29, 0.717) is 12.3 Å². The number of benzene rings is 1. The Morgan fingerprint density at radius 1 is 1.36 bits per heavy atom.